The van der Waals surface area contributed by atoms with Gasteiger partial charge in [0.2, 0.25) is 0 Å². The number of carbonyl (C=O) groups excluding carboxylic acids is 1. The summed E-state index contributed by atoms with van der Waals surface area (Å²) in [5, 5.41) is 0.743. The van der Waals surface area contributed by atoms with Crippen LogP contribution in [0.2, 0.25) is 0 Å². The molecule has 0 atom stereocenters. The van der Waals surface area contributed by atoms with E-state index in [1.807, 2.05) is 26.8 Å². The Labute approximate surface area is 198 Å². The third kappa shape index (κ3) is 4.60. The molecule has 2 aromatic heterocycles. The van der Waals surface area contributed by atoms with Crippen molar-refractivity contribution >= 4 is 26.8 Å². The van der Waals surface area contributed by atoms with Gasteiger partial charge in [-0.3, -0.25) is 4.79 Å². The summed E-state index contributed by atoms with van der Waals surface area (Å²) in [4.78, 5) is 25.7. The Morgan fingerprint density at radius 3 is 2.38 bits per heavy atom. The lowest BCUT2D eigenvalue weighted by Gasteiger charge is -2.21. The zero-order valence-electron chi connectivity index (χ0n) is 19.2. The number of aromatic nitrogens is 3. The molecule has 4 aromatic rings. The van der Waals surface area contributed by atoms with E-state index in [9.17, 15) is 13.2 Å². The summed E-state index contributed by atoms with van der Waals surface area (Å²) in [5.74, 6) is -0.167. The molecule has 174 valence electrons. The lowest BCUT2D eigenvalue weighted by atomic mass is 9.87. The maximum absolute atomic E-state index is 13.1. The van der Waals surface area contributed by atoms with Crippen molar-refractivity contribution in [3.05, 3.63) is 78.2 Å². The van der Waals surface area contributed by atoms with E-state index in [4.69, 9.17) is 4.74 Å². The van der Waals surface area contributed by atoms with E-state index < -0.39 is 15.9 Å². The number of methoxy groups -OCH3 is 1. The minimum atomic E-state index is -4.22. The molecule has 0 unspecified atom stereocenters. The molecule has 0 saturated heterocycles. The lowest BCUT2D eigenvalue weighted by Crippen LogP contribution is -2.31. The first-order valence-corrected chi connectivity index (χ1v) is 12.0. The van der Waals surface area contributed by atoms with Gasteiger partial charge in [0.05, 0.1) is 12.6 Å². The van der Waals surface area contributed by atoms with E-state index >= 15 is 0 Å². The van der Waals surface area contributed by atoms with E-state index in [0.717, 1.165) is 16.5 Å². The van der Waals surface area contributed by atoms with E-state index in [-0.39, 0.29) is 21.8 Å². The van der Waals surface area contributed by atoms with Gasteiger partial charge in [-0.15, -0.1) is 0 Å². The zero-order chi connectivity index (χ0) is 24.5. The first-order chi connectivity index (χ1) is 16.1. The summed E-state index contributed by atoms with van der Waals surface area (Å²) < 4.78 is 33.6. The molecule has 8 nitrogen and oxygen atoms in total. The molecule has 1 amide bonds. The number of fused-ring (bicyclic) bond motifs is 1. The summed E-state index contributed by atoms with van der Waals surface area (Å²) in [6.45, 7) is 5.91. The highest BCUT2D eigenvalue weighted by molar-refractivity contribution is 7.90. The second-order valence-corrected chi connectivity index (χ2v) is 10.3. The monoisotopic (exact) mass is 476 g/mol. The van der Waals surface area contributed by atoms with Crippen LogP contribution in [0.25, 0.3) is 22.3 Å². The molecule has 0 aliphatic heterocycles. The predicted molar refractivity (Wildman–Crippen MR) is 129 cm³/mol. The van der Waals surface area contributed by atoms with Crippen LogP contribution in [0.1, 0.15) is 36.8 Å². The molecular weight excluding hydrogens is 452 g/mol. The highest BCUT2D eigenvalue weighted by atomic mass is 32.2. The minimum Gasteiger partial charge on any atom is -0.495 e. The van der Waals surface area contributed by atoms with E-state index in [1.54, 1.807) is 48.8 Å². The van der Waals surface area contributed by atoms with E-state index in [0.29, 0.717) is 11.3 Å². The van der Waals surface area contributed by atoms with Crippen molar-refractivity contribution in [2.24, 2.45) is 0 Å². The second-order valence-electron chi connectivity index (χ2n) is 8.69. The smallest absolute Gasteiger partial charge is 0.283 e. The number of sulfonamides is 1. The normalized spacial score (nSPS) is 11.9. The van der Waals surface area contributed by atoms with Gasteiger partial charge in [0.25, 0.3) is 15.9 Å². The summed E-state index contributed by atoms with van der Waals surface area (Å²) in [7, 11) is -2.84. The fourth-order valence-electron chi connectivity index (χ4n) is 3.50. The highest BCUT2D eigenvalue weighted by Crippen LogP contribution is 2.31. The second kappa shape index (κ2) is 8.83. The van der Waals surface area contributed by atoms with Crippen molar-refractivity contribution < 1.29 is 17.9 Å². The Hall–Kier alpha value is -3.85. The molecule has 0 bridgehead atoms. The SMILES string of the molecule is COc1ccc(C(C)(C)C)cc1S(=O)(=O)NC(=O)c1ccc2c(-c3ncccn3)cccc2n1. The number of nitrogens with zero attached hydrogens (tertiary/aromatic N) is 3. The van der Waals surface area contributed by atoms with Crippen molar-refractivity contribution in [2.75, 3.05) is 7.11 Å². The van der Waals surface area contributed by atoms with Crippen LogP contribution in [0.5, 0.6) is 5.75 Å². The molecule has 4 rings (SSSR count). The average Bonchev–Trinajstić information content (AvgIpc) is 2.82. The number of carbonyl (C=O) groups is 1. The predicted octanol–water partition coefficient (Wildman–Crippen LogP) is 4.12. The van der Waals surface area contributed by atoms with E-state index in [2.05, 4.69) is 19.7 Å². The standard InChI is InChI=1S/C25H24N4O4S/c1-25(2,3)16-9-12-21(33-4)22(15-16)34(31,32)29-24(30)20-11-10-17-18(7-5-8-19(17)28-20)23-26-13-6-14-27-23/h5-15H,1-4H3,(H,29,30). The molecule has 2 heterocycles. The molecule has 0 spiro atoms. The van der Waals surface area contributed by atoms with Gasteiger partial charge in [-0.2, -0.15) is 0 Å². The summed E-state index contributed by atoms with van der Waals surface area (Å²) >= 11 is 0. The van der Waals surface area contributed by atoms with Crippen molar-refractivity contribution in [3.8, 4) is 17.1 Å². The molecule has 0 aliphatic rings. The molecular formula is C25H24N4O4S. The molecule has 34 heavy (non-hydrogen) atoms. The number of rotatable bonds is 5. The van der Waals surface area contributed by atoms with Crippen LogP contribution >= 0.6 is 0 Å². The Kier molecular flexibility index (Phi) is 6.05. The first kappa shape index (κ1) is 23.3. The largest absolute Gasteiger partial charge is 0.495 e. The highest BCUT2D eigenvalue weighted by Gasteiger charge is 2.26. The van der Waals surface area contributed by atoms with Crippen LogP contribution in [-0.2, 0) is 15.4 Å². The third-order valence-electron chi connectivity index (χ3n) is 5.32. The minimum absolute atomic E-state index is 0.0341. The summed E-state index contributed by atoms with van der Waals surface area (Å²) in [5.41, 5.74) is 1.74. The Morgan fingerprint density at radius 1 is 0.971 bits per heavy atom. The Bertz CT molecular complexity index is 1480. The fraction of sp³-hybridized carbons (Fsp3) is 0.200. The van der Waals surface area contributed by atoms with Crippen LogP contribution in [0, 0.1) is 0 Å². The Balaban J connectivity index is 1.68. The third-order valence-corrected chi connectivity index (χ3v) is 6.67. The molecule has 0 fully saturated rings. The lowest BCUT2D eigenvalue weighted by molar-refractivity contribution is 0.0977. The maximum atomic E-state index is 13.1. The van der Waals surface area contributed by atoms with Gasteiger partial charge in [0, 0.05) is 23.3 Å². The quantitative estimate of drug-likeness (QED) is 0.461. The number of nitrogens with one attached hydrogen (secondary N) is 1. The topological polar surface area (TPSA) is 111 Å². The zero-order valence-corrected chi connectivity index (χ0v) is 20.1. The number of benzene rings is 2. The van der Waals surface area contributed by atoms with Crippen LogP contribution in [0.15, 0.2) is 71.9 Å². The number of amides is 1. The maximum Gasteiger partial charge on any atom is 0.283 e. The summed E-state index contributed by atoms with van der Waals surface area (Å²) in [6.07, 6.45) is 3.29. The molecule has 9 heteroatoms. The molecule has 0 aliphatic carbocycles. The van der Waals surface area contributed by atoms with Crippen molar-refractivity contribution in [3.63, 3.8) is 0 Å². The average molecular weight is 477 g/mol. The van der Waals surface area contributed by atoms with Crippen molar-refractivity contribution in [1.29, 1.82) is 0 Å². The van der Waals surface area contributed by atoms with Gasteiger partial charge in [-0.1, -0.05) is 39.0 Å². The van der Waals surface area contributed by atoms with E-state index in [1.165, 1.54) is 19.2 Å². The van der Waals surface area contributed by atoms with Crippen LogP contribution in [0.3, 0.4) is 0 Å². The van der Waals surface area contributed by atoms with Gasteiger partial charge in [0.1, 0.15) is 16.3 Å². The number of hydrogen-bond acceptors (Lipinski definition) is 7. The van der Waals surface area contributed by atoms with Gasteiger partial charge >= 0.3 is 0 Å². The van der Waals surface area contributed by atoms with Crippen molar-refractivity contribution in [1.82, 2.24) is 19.7 Å². The van der Waals surface area contributed by atoms with Crippen LogP contribution in [-0.4, -0.2) is 36.4 Å². The van der Waals surface area contributed by atoms with Crippen molar-refractivity contribution in [2.45, 2.75) is 31.1 Å². The van der Waals surface area contributed by atoms with Gasteiger partial charge < -0.3 is 4.74 Å². The summed E-state index contributed by atoms with van der Waals surface area (Å²) in [6, 6.07) is 15.2. The molecule has 2 aromatic carbocycles. The van der Waals surface area contributed by atoms with Crippen LogP contribution < -0.4 is 9.46 Å². The molecule has 0 radical (unpaired) electrons. The molecule has 0 saturated carbocycles. The van der Waals surface area contributed by atoms with Crippen LogP contribution in [0.4, 0.5) is 0 Å². The number of hydrogen-bond donors (Lipinski definition) is 1. The Morgan fingerprint density at radius 2 is 1.71 bits per heavy atom. The van der Waals surface area contributed by atoms with Gasteiger partial charge in [0.15, 0.2) is 5.82 Å². The fourth-order valence-corrected chi connectivity index (χ4v) is 4.65. The molecule has 1 N–H and O–H groups in total. The van der Waals surface area contributed by atoms with Gasteiger partial charge in [-0.25, -0.2) is 28.1 Å². The number of ether oxygens (including phenoxy) is 1. The van der Waals surface area contributed by atoms with Gasteiger partial charge in [-0.05, 0) is 47.4 Å². The number of pyridine rings is 1. The first-order valence-electron chi connectivity index (χ1n) is 10.5.